The van der Waals surface area contributed by atoms with E-state index in [1.54, 1.807) is 0 Å². The highest BCUT2D eigenvalue weighted by Crippen LogP contribution is 2.60. The van der Waals surface area contributed by atoms with Gasteiger partial charge in [-0.15, -0.1) is 0 Å². The van der Waals surface area contributed by atoms with Crippen molar-refractivity contribution in [3.63, 3.8) is 0 Å². The number of carbonyl (C=O) groups is 2. The summed E-state index contributed by atoms with van der Waals surface area (Å²) in [5, 5.41) is 2.98. The molecule has 6 atom stereocenters. The predicted molar refractivity (Wildman–Crippen MR) is 121 cm³/mol. The van der Waals surface area contributed by atoms with Gasteiger partial charge in [0.2, 0.25) is 5.91 Å². The molecule has 31 heavy (non-hydrogen) atoms. The zero-order valence-electron chi connectivity index (χ0n) is 17.8. The van der Waals surface area contributed by atoms with Crippen LogP contribution in [-0.2, 0) is 19.7 Å². The fraction of sp³-hybridized carbons (Fsp3) is 0.440. The Morgan fingerprint density at radius 2 is 1.65 bits per heavy atom. The molecule has 5 rings (SSSR count). The maximum atomic E-state index is 13.0. The summed E-state index contributed by atoms with van der Waals surface area (Å²) >= 11 is 3.65. The fourth-order valence-electron chi connectivity index (χ4n) is 5.32. The molecule has 6 heteroatoms. The minimum absolute atomic E-state index is 0.0661. The van der Waals surface area contributed by atoms with Gasteiger partial charge in [-0.25, -0.2) is 0 Å². The SMILES string of the molecule is CC(C)(C)c1ccc(Oc2ccc(NC(=O)[C@@H]3[C@@H]4C[C@H]5[C@H](OC(=O)[C@@H]53)[C@@H]4Br)cc2)cc1. The van der Waals surface area contributed by atoms with Gasteiger partial charge < -0.3 is 14.8 Å². The summed E-state index contributed by atoms with van der Waals surface area (Å²) in [7, 11) is 0. The third kappa shape index (κ3) is 3.55. The van der Waals surface area contributed by atoms with Gasteiger partial charge >= 0.3 is 5.97 Å². The number of hydrogen-bond acceptors (Lipinski definition) is 4. The molecule has 2 aliphatic carbocycles. The zero-order valence-corrected chi connectivity index (χ0v) is 19.4. The average Bonchev–Trinajstić information content (AvgIpc) is 3.33. The molecular formula is C25H26BrNO4. The van der Waals surface area contributed by atoms with Crippen LogP contribution in [0, 0.1) is 23.7 Å². The Balaban J connectivity index is 1.24. The molecule has 2 aromatic carbocycles. The fourth-order valence-corrected chi connectivity index (χ4v) is 6.37. The number of carbonyl (C=O) groups excluding carboxylic acids is 2. The van der Waals surface area contributed by atoms with Crippen LogP contribution in [0.15, 0.2) is 48.5 Å². The summed E-state index contributed by atoms with van der Waals surface area (Å²) in [4.78, 5) is 25.3. The smallest absolute Gasteiger partial charge is 0.310 e. The summed E-state index contributed by atoms with van der Waals surface area (Å²) < 4.78 is 11.4. The molecule has 162 valence electrons. The Morgan fingerprint density at radius 1 is 1.03 bits per heavy atom. The number of alkyl halides is 1. The van der Waals surface area contributed by atoms with Gasteiger partial charge in [-0.05, 0) is 59.7 Å². The Bertz CT molecular complexity index is 1010. The molecule has 0 spiro atoms. The number of nitrogens with one attached hydrogen (secondary N) is 1. The molecule has 1 amide bonds. The number of rotatable bonds is 4. The van der Waals surface area contributed by atoms with Crippen molar-refractivity contribution in [3.05, 3.63) is 54.1 Å². The predicted octanol–water partition coefficient (Wildman–Crippen LogP) is 5.29. The van der Waals surface area contributed by atoms with Crippen LogP contribution in [0.2, 0.25) is 0 Å². The van der Waals surface area contributed by atoms with E-state index in [0.717, 1.165) is 12.2 Å². The van der Waals surface area contributed by atoms with Crippen molar-refractivity contribution in [1.82, 2.24) is 0 Å². The lowest BCUT2D eigenvalue weighted by Crippen LogP contribution is -2.40. The number of fused-ring (bicyclic) bond motifs is 1. The van der Waals surface area contributed by atoms with E-state index in [9.17, 15) is 9.59 Å². The van der Waals surface area contributed by atoms with Crippen LogP contribution in [0.5, 0.6) is 11.5 Å². The normalized spacial score (nSPS) is 30.9. The number of amides is 1. The largest absolute Gasteiger partial charge is 0.461 e. The summed E-state index contributed by atoms with van der Waals surface area (Å²) in [6.07, 6.45) is 0.802. The number of ether oxygens (including phenoxy) is 2. The maximum absolute atomic E-state index is 13.0. The summed E-state index contributed by atoms with van der Waals surface area (Å²) in [6.45, 7) is 6.54. The van der Waals surface area contributed by atoms with Gasteiger partial charge in [-0.1, -0.05) is 48.8 Å². The van der Waals surface area contributed by atoms with E-state index in [1.807, 2.05) is 36.4 Å². The van der Waals surface area contributed by atoms with E-state index < -0.39 is 0 Å². The average molecular weight is 484 g/mol. The molecule has 3 aliphatic rings. The number of anilines is 1. The van der Waals surface area contributed by atoms with E-state index in [-0.39, 0.29) is 51.9 Å². The third-order valence-corrected chi connectivity index (χ3v) is 8.10. The first-order valence-electron chi connectivity index (χ1n) is 10.8. The lowest BCUT2D eigenvalue weighted by Gasteiger charge is -2.27. The van der Waals surface area contributed by atoms with Crippen molar-refractivity contribution in [2.24, 2.45) is 23.7 Å². The van der Waals surface area contributed by atoms with Crippen molar-refractivity contribution >= 4 is 33.5 Å². The number of benzene rings is 2. The molecule has 1 saturated heterocycles. The first kappa shape index (κ1) is 20.6. The molecular weight excluding hydrogens is 458 g/mol. The zero-order chi connectivity index (χ0) is 21.9. The van der Waals surface area contributed by atoms with Crippen molar-refractivity contribution < 1.29 is 19.1 Å². The molecule has 1 N–H and O–H groups in total. The van der Waals surface area contributed by atoms with Crippen molar-refractivity contribution in [2.75, 3.05) is 5.32 Å². The van der Waals surface area contributed by atoms with Crippen LogP contribution in [0.3, 0.4) is 0 Å². The number of halogens is 1. The van der Waals surface area contributed by atoms with E-state index >= 15 is 0 Å². The first-order valence-corrected chi connectivity index (χ1v) is 11.7. The van der Waals surface area contributed by atoms with Gasteiger partial charge in [0, 0.05) is 11.6 Å². The first-order chi connectivity index (χ1) is 14.7. The number of esters is 1. The lowest BCUT2D eigenvalue weighted by atomic mass is 9.79. The van der Waals surface area contributed by atoms with Gasteiger partial charge in [-0.3, -0.25) is 9.59 Å². The second-order valence-electron chi connectivity index (χ2n) is 9.85. The van der Waals surface area contributed by atoms with Crippen LogP contribution in [0.4, 0.5) is 5.69 Å². The van der Waals surface area contributed by atoms with Crippen molar-refractivity contribution in [3.8, 4) is 11.5 Å². The maximum Gasteiger partial charge on any atom is 0.310 e. The molecule has 2 bridgehead atoms. The molecule has 1 aliphatic heterocycles. The van der Waals surface area contributed by atoms with E-state index in [4.69, 9.17) is 9.47 Å². The second kappa shape index (κ2) is 7.37. The van der Waals surface area contributed by atoms with Crippen molar-refractivity contribution in [2.45, 2.75) is 43.5 Å². The molecule has 0 aromatic heterocycles. The van der Waals surface area contributed by atoms with Crippen LogP contribution in [0.25, 0.3) is 0 Å². The summed E-state index contributed by atoms with van der Waals surface area (Å²) in [5.41, 5.74) is 2.04. The minimum atomic E-state index is -0.335. The van der Waals surface area contributed by atoms with Crippen molar-refractivity contribution in [1.29, 1.82) is 0 Å². The highest BCUT2D eigenvalue weighted by Gasteiger charge is 2.67. The molecule has 0 unspecified atom stereocenters. The molecule has 3 fully saturated rings. The molecule has 2 saturated carbocycles. The molecule has 0 radical (unpaired) electrons. The third-order valence-electron chi connectivity index (χ3n) is 6.90. The Labute approximate surface area is 190 Å². The highest BCUT2D eigenvalue weighted by atomic mass is 79.9. The second-order valence-corrected chi connectivity index (χ2v) is 10.9. The van der Waals surface area contributed by atoms with Gasteiger partial charge in [-0.2, -0.15) is 0 Å². The molecule has 1 heterocycles. The monoisotopic (exact) mass is 483 g/mol. The van der Waals surface area contributed by atoms with E-state index in [0.29, 0.717) is 11.4 Å². The van der Waals surface area contributed by atoms with Gasteiger partial charge in [0.25, 0.3) is 0 Å². The quantitative estimate of drug-likeness (QED) is 0.474. The van der Waals surface area contributed by atoms with Gasteiger partial charge in [0.1, 0.15) is 17.6 Å². The standard InChI is InChI=1S/C25H26BrNO4/c1-25(2,3)13-4-8-15(9-5-13)30-16-10-6-14(7-11-16)27-23(28)19-17-12-18-20(19)24(29)31-22(18)21(17)26/h4-11,17-22H,12H2,1-3H3,(H,27,28)/t17-,18+,19+,20-,21+,22-/m0/s1. The Kier molecular flexibility index (Phi) is 4.88. The van der Waals surface area contributed by atoms with E-state index in [1.165, 1.54) is 5.56 Å². The van der Waals surface area contributed by atoms with Crippen LogP contribution in [-0.4, -0.2) is 22.8 Å². The highest BCUT2D eigenvalue weighted by molar-refractivity contribution is 9.09. The van der Waals surface area contributed by atoms with Gasteiger partial charge in [0.15, 0.2) is 0 Å². The van der Waals surface area contributed by atoms with Gasteiger partial charge in [0.05, 0.1) is 16.7 Å². The summed E-state index contributed by atoms with van der Waals surface area (Å²) in [5.74, 6) is 0.809. The molecule has 2 aromatic rings. The Morgan fingerprint density at radius 3 is 2.26 bits per heavy atom. The lowest BCUT2D eigenvalue weighted by molar-refractivity contribution is -0.145. The van der Waals surface area contributed by atoms with Crippen LogP contribution in [0.1, 0.15) is 32.8 Å². The Hall–Kier alpha value is -2.34. The topological polar surface area (TPSA) is 64.6 Å². The van der Waals surface area contributed by atoms with E-state index in [2.05, 4.69) is 54.2 Å². The minimum Gasteiger partial charge on any atom is -0.461 e. The number of hydrogen-bond donors (Lipinski definition) is 1. The summed E-state index contributed by atoms with van der Waals surface area (Å²) in [6, 6.07) is 15.4. The van der Waals surface area contributed by atoms with Crippen LogP contribution >= 0.6 is 15.9 Å². The molecule has 5 nitrogen and oxygen atoms in total. The van der Waals surface area contributed by atoms with Crippen LogP contribution < -0.4 is 10.1 Å².